The summed E-state index contributed by atoms with van der Waals surface area (Å²) in [6.45, 7) is 6.66. The minimum atomic E-state index is -1.23. The van der Waals surface area contributed by atoms with Crippen molar-refractivity contribution in [2.45, 2.75) is 52.9 Å². The zero-order chi connectivity index (χ0) is 22.6. The highest BCUT2D eigenvalue weighted by Gasteiger charge is 2.42. The van der Waals surface area contributed by atoms with E-state index in [2.05, 4.69) is 0 Å². The van der Waals surface area contributed by atoms with Crippen molar-refractivity contribution in [3.8, 4) is 0 Å². The van der Waals surface area contributed by atoms with Gasteiger partial charge in [0.1, 0.15) is 6.04 Å². The van der Waals surface area contributed by atoms with Crippen LogP contribution in [-0.4, -0.2) is 46.9 Å². The number of aliphatic carboxylic acids is 1. The predicted molar refractivity (Wildman–Crippen MR) is 102 cm³/mol. The van der Waals surface area contributed by atoms with Gasteiger partial charge in [0.25, 0.3) is 6.29 Å². The molecule has 1 aromatic rings. The highest BCUT2D eigenvalue weighted by molar-refractivity contribution is 5.81. The number of ether oxygens (including phenoxy) is 2. The molecule has 0 bridgehead atoms. The molecule has 1 amide bonds. The molecule has 2 rings (SSSR count). The Morgan fingerprint density at radius 1 is 1.17 bits per heavy atom. The summed E-state index contributed by atoms with van der Waals surface area (Å²) >= 11 is 0. The molecule has 30 heavy (non-hydrogen) atoms. The predicted octanol–water partition coefficient (Wildman–Crippen LogP) is 3.60. The van der Waals surface area contributed by atoms with E-state index in [4.69, 9.17) is 9.47 Å². The van der Waals surface area contributed by atoms with Gasteiger partial charge in [-0.3, -0.25) is 9.69 Å². The fourth-order valence-electron chi connectivity index (χ4n) is 3.24. The monoisotopic (exact) mass is 427 g/mol. The average Bonchev–Trinajstić information content (AvgIpc) is 3.09. The van der Waals surface area contributed by atoms with Gasteiger partial charge < -0.3 is 14.6 Å². The molecule has 1 aliphatic heterocycles. The van der Waals surface area contributed by atoms with E-state index in [9.17, 15) is 28.3 Å². The summed E-state index contributed by atoms with van der Waals surface area (Å²) < 4.78 is 37.9. The van der Waals surface area contributed by atoms with Crippen molar-refractivity contribution in [3.05, 3.63) is 35.4 Å². The second-order valence-corrected chi connectivity index (χ2v) is 8.11. The van der Waals surface area contributed by atoms with Crippen LogP contribution in [0, 0.1) is 29.4 Å². The lowest BCUT2D eigenvalue weighted by Crippen LogP contribution is -2.43. The maximum atomic E-state index is 14.0. The smallest absolute Gasteiger partial charge is 0.413 e. The Labute approximate surface area is 173 Å². The lowest BCUT2D eigenvalue weighted by Gasteiger charge is -2.27. The lowest BCUT2D eigenvalue weighted by atomic mass is 9.96. The molecule has 1 aliphatic rings. The lowest BCUT2D eigenvalue weighted by molar-refractivity contribution is -0.181. The number of esters is 1. The van der Waals surface area contributed by atoms with Gasteiger partial charge >= 0.3 is 18.0 Å². The van der Waals surface area contributed by atoms with Crippen molar-refractivity contribution < 1.29 is 37.7 Å². The summed E-state index contributed by atoms with van der Waals surface area (Å²) in [6.07, 6.45) is -1.95. The van der Waals surface area contributed by atoms with Crippen molar-refractivity contribution in [2.75, 3.05) is 6.54 Å². The van der Waals surface area contributed by atoms with E-state index < -0.39 is 53.8 Å². The van der Waals surface area contributed by atoms with Crippen molar-refractivity contribution in [1.82, 2.24) is 4.90 Å². The molecule has 1 aromatic carbocycles. The van der Waals surface area contributed by atoms with E-state index in [1.165, 1.54) is 12.1 Å². The largest absolute Gasteiger partial charge is 0.480 e. The normalized spacial score (nSPS) is 19.8. The van der Waals surface area contributed by atoms with Crippen LogP contribution in [0.1, 0.15) is 39.7 Å². The minimum Gasteiger partial charge on any atom is -0.480 e. The Balaban J connectivity index is 2.11. The molecule has 1 N–H and O–H groups in total. The first-order valence-electron chi connectivity index (χ1n) is 9.84. The summed E-state index contributed by atoms with van der Waals surface area (Å²) in [5, 5.41) is 9.51. The maximum absolute atomic E-state index is 14.0. The van der Waals surface area contributed by atoms with Gasteiger partial charge in [-0.05, 0) is 30.4 Å². The second-order valence-electron chi connectivity index (χ2n) is 8.11. The van der Waals surface area contributed by atoms with Crippen LogP contribution in [0.2, 0.25) is 0 Å². The Kier molecular flexibility index (Phi) is 7.75. The number of rotatable bonds is 7. The van der Waals surface area contributed by atoms with E-state index in [-0.39, 0.29) is 30.9 Å². The molecule has 0 aliphatic carbocycles. The quantitative estimate of drug-likeness (QED) is 0.528. The van der Waals surface area contributed by atoms with Crippen molar-refractivity contribution in [3.63, 3.8) is 0 Å². The first-order chi connectivity index (χ1) is 14.0. The summed E-state index contributed by atoms with van der Waals surface area (Å²) in [5.74, 6) is -4.90. The Hall–Kier alpha value is -2.71. The van der Waals surface area contributed by atoms with E-state index in [0.717, 1.165) is 11.0 Å². The molecular formula is C21H27F2NO6. The maximum Gasteiger partial charge on any atom is 0.413 e. The van der Waals surface area contributed by atoms with E-state index >= 15 is 0 Å². The first-order valence-corrected chi connectivity index (χ1v) is 9.84. The van der Waals surface area contributed by atoms with Crippen LogP contribution in [0.4, 0.5) is 13.6 Å². The molecule has 1 fully saturated rings. The average molecular weight is 427 g/mol. The number of carbonyl (C=O) groups is 3. The highest BCUT2D eigenvalue weighted by atomic mass is 19.2. The van der Waals surface area contributed by atoms with Crippen LogP contribution in [0.3, 0.4) is 0 Å². The molecule has 166 valence electrons. The first kappa shape index (κ1) is 23.6. The van der Waals surface area contributed by atoms with E-state index in [0.29, 0.717) is 0 Å². The number of carbonyl (C=O) groups excluding carboxylic acids is 2. The number of halogens is 2. The molecule has 0 aromatic heterocycles. The van der Waals surface area contributed by atoms with Crippen LogP contribution < -0.4 is 0 Å². The van der Waals surface area contributed by atoms with Gasteiger partial charge in [0.2, 0.25) is 0 Å². The molecule has 0 unspecified atom stereocenters. The number of benzene rings is 1. The highest BCUT2D eigenvalue weighted by Crippen LogP contribution is 2.29. The third-order valence-electron chi connectivity index (χ3n) is 4.91. The molecule has 7 nitrogen and oxygen atoms in total. The minimum absolute atomic E-state index is 0.00526. The van der Waals surface area contributed by atoms with Crippen LogP contribution in [0.25, 0.3) is 0 Å². The summed E-state index contributed by atoms with van der Waals surface area (Å²) in [5.41, 5.74) is 0.116. The van der Waals surface area contributed by atoms with Crippen LogP contribution in [0.5, 0.6) is 0 Å². The number of carboxylic acid groups (broad SMARTS) is 1. The number of amides is 1. The van der Waals surface area contributed by atoms with Gasteiger partial charge in [-0.15, -0.1) is 0 Å². The summed E-state index contributed by atoms with van der Waals surface area (Å²) in [7, 11) is 0. The molecule has 0 radical (unpaired) electrons. The third-order valence-corrected chi connectivity index (χ3v) is 4.91. The number of hydrogen-bond donors (Lipinski definition) is 1. The molecule has 9 heteroatoms. The number of carboxylic acids is 1. The number of likely N-dealkylation sites (tertiary alicyclic amines) is 1. The summed E-state index contributed by atoms with van der Waals surface area (Å²) in [6, 6.07) is 2.63. The van der Waals surface area contributed by atoms with Crippen LogP contribution >= 0.6 is 0 Å². The zero-order valence-corrected chi connectivity index (χ0v) is 17.4. The van der Waals surface area contributed by atoms with Gasteiger partial charge in [0.05, 0.1) is 5.92 Å². The van der Waals surface area contributed by atoms with Gasteiger partial charge in [-0.1, -0.05) is 39.8 Å². The van der Waals surface area contributed by atoms with Crippen molar-refractivity contribution in [2.24, 2.45) is 17.8 Å². The molecule has 0 spiro atoms. The molecule has 0 saturated carbocycles. The SMILES string of the molecule is CC(C)C(=O)O[C@H](OC(=O)N1C[C@@H](Cc2cccc(F)c2F)C[C@H]1C(=O)O)C(C)C. The van der Waals surface area contributed by atoms with E-state index in [1.807, 2.05) is 0 Å². The molecule has 1 heterocycles. The molecular weight excluding hydrogens is 400 g/mol. The Bertz CT molecular complexity index is 798. The fourth-order valence-corrected chi connectivity index (χ4v) is 3.24. The van der Waals surface area contributed by atoms with Gasteiger partial charge in [0.15, 0.2) is 11.6 Å². The standard InChI is InChI=1S/C21H27F2NO6/c1-11(2)19(27)29-20(12(3)4)30-21(28)24-10-13(9-16(24)18(25)26)8-14-6-5-7-15(22)17(14)23/h5-7,11-13,16,20H,8-10H2,1-4H3,(H,25,26)/t13-,16-,20+/m0/s1. The van der Waals surface area contributed by atoms with Crippen molar-refractivity contribution >= 4 is 18.0 Å². The van der Waals surface area contributed by atoms with Gasteiger partial charge in [-0.25, -0.2) is 18.4 Å². The second kappa shape index (κ2) is 9.86. The summed E-state index contributed by atoms with van der Waals surface area (Å²) in [4.78, 5) is 37.2. The Morgan fingerprint density at radius 2 is 1.83 bits per heavy atom. The Morgan fingerprint density at radius 3 is 2.40 bits per heavy atom. The fraction of sp³-hybridized carbons (Fsp3) is 0.571. The molecule has 3 atom stereocenters. The van der Waals surface area contributed by atoms with Crippen LogP contribution in [-0.2, 0) is 25.5 Å². The van der Waals surface area contributed by atoms with Gasteiger partial charge in [0, 0.05) is 12.5 Å². The number of hydrogen-bond acceptors (Lipinski definition) is 5. The third kappa shape index (κ3) is 5.67. The van der Waals surface area contributed by atoms with Gasteiger partial charge in [-0.2, -0.15) is 0 Å². The number of nitrogens with zero attached hydrogens (tertiary/aromatic N) is 1. The molecule has 1 saturated heterocycles. The van der Waals surface area contributed by atoms with Crippen LogP contribution in [0.15, 0.2) is 18.2 Å². The van der Waals surface area contributed by atoms with E-state index in [1.54, 1.807) is 27.7 Å². The topological polar surface area (TPSA) is 93.1 Å². The zero-order valence-electron chi connectivity index (χ0n) is 17.4. The van der Waals surface area contributed by atoms with Crippen molar-refractivity contribution in [1.29, 1.82) is 0 Å².